The van der Waals surface area contributed by atoms with Gasteiger partial charge in [-0.2, -0.15) is 9.97 Å². The van der Waals surface area contributed by atoms with Gasteiger partial charge in [-0.25, -0.2) is 23.8 Å². The van der Waals surface area contributed by atoms with Crippen LogP contribution in [0.3, 0.4) is 0 Å². The van der Waals surface area contributed by atoms with Crippen LogP contribution in [0.5, 0.6) is 0 Å². The van der Waals surface area contributed by atoms with E-state index in [2.05, 4.69) is 24.8 Å². The Labute approximate surface area is 221 Å². The molecule has 1 fully saturated rings. The van der Waals surface area contributed by atoms with E-state index in [0.717, 1.165) is 14.2 Å². The Balaban J connectivity index is 1.79. The minimum Gasteiger partial charge on any atom is -0.468 e. The first kappa shape index (κ1) is 30.1. The number of ether oxygens (including phenoxy) is 3. The van der Waals surface area contributed by atoms with E-state index in [1.807, 2.05) is 13.8 Å². The zero-order chi connectivity index (χ0) is 28.2. The smallest absolute Gasteiger partial charge is 0.406 e. The number of hydrogen-bond donors (Lipinski definition) is 3. The van der Waals surface area contributed by atoms with Crippen molar-refractivity contribution < 1.29 is 46.9 Å². The molecule has 3 rings (SSSR count). The highest BCUT2D eigenvalue weighted by Gasteiger charge is 2.47. The number of esters is 2. The topological polar surface area (TPSA) is 199 Å². The monoisotopic (exact) mass is 582 g/mol. The number of nitrogens with zero attached hydrogens (tertiary/aromatic N) is 4. The Morgan fingerprint density at radius 3 is 2.66 bits per heavy atom. The normalized spacial score (nSPS) is 23.9. The van der Waals surface area contributed by atoms with Crippen LogP contribution < -0.4 is 10.8 Å². The summed E-state index contributed by atoms with van der Waals surface area (Å²) in [6.07, 6.45) is -5.16. The summed E-state index contributed by atoms with van der Waals surface area (Å²) in [5.41, 5.74) is 5.99. The van der Waals surface area contributed by atoms with Gasteiger partial charge in [0.1, 0.15) is 23.8 Å². The number of aliphatic hydroxyl groups excluding tert-OH is 1. The van der Waals surface area contributed by atoms with Gasteiger partial charge in [-0.15, -0.1) is 0 Å². The van der Waals surface area contributed by atoms with Crippen molar-refractivity contribution in [1.82, 2.24) is 24.6 Å². The zero-order valence-corrected chi connectivity index (χ0v) is 22.6. The summed E-state index contributed by atoms with van der Waals surface area (Å²) in [7, 11) is -2.19. The minimum atomic E-state index is -4.44. The number of aliphatic hydroxyl groups is 1. The molecule has 212 valence electrons. The molecule has 0 aromatic carbocycles. The Bertz CT molecular complexity index is 1200. The van der Waals surface area contributed by atoms with E-state index in [0.29, 0.717) is 0 Å². The quantitative estimate of drug-likeness (QED) is 0.183. The zero-order valence-electron chi connectivity index (χ0n) is 20.9. The number of anilines is 1. The largest absolute Gasteiger partial charge is 0.468 e. The Hall–Kier alpha value is -2.46. The van der Waals surface area contributed by atoms with Gasteiger partial charge in [0, 0.05) is 0 Å². The van der Waals surface area contributed by atoms with Crippen molar-refractivity contribution in [2.24, 2.45) is 5.92 Å². The number of carbonyl (C=O) groups excluding carboxylic acids is 2. The predicted molar refractivity (Wildman–Crippen MR) is 129 cm³/mol. The van der Waals surface area contributed by atoms with Gasteiger partial charge in [0.15, 0.2) is 30.5 Å². The number of fused-ring (bicyclic) bond motifs is 1. The third-order valence-electron chi connectivity index (χ3n) is 5.48. The lowest BCUT2D eigenvalue weighted by atomic mass is 10.1. The SMILES string of the molecule is COC(=O)COP(=O)(N[C@@H](CC(C)C)C(=O)OC)OC[C@H]1O[C@@H](n2cnc3c(N)nc(Cl)nc32)C(F)[C@H]1O. The van der Waals surface area contributed by atoms with E-state index in [-0.39, 0.29) is 34.6 Å². The first-order chi connectivity index (χ1) is 17.9. The van der Waals surface area contributed by atoms with Gasteiger partial charge >= 0.3 is 19.7 Å². The molecule has 0 radical (unpaired) electrons. The fourth-order valence-electron chi connectivity index (χ4n) is 3.65. The fourth-order valence-corrected chi connectivity index (χ4v) is 5.25. The van der Waals surface area contributed by atoms with Crippen molar-refractivity contribution in [3.05, 3.63) is 11.6 Å². The average molecular weight is 583 g/mol. The first-order valence-electron chi connectivity index (χ1n) is 11.3. The molecule has 18 heteroatoms. The molecule has 6 atom stereocenters. The molecule has 0 aliphatic carbocycles. The fraction of sp³-hybridized carbons (Fsp3) is 0.650. The number of alkyl halides is 1. The van der Waals surface area contributed by atoms with Gasteiger partial charge in [-0.3, -0.25) is 18.4 Å². The molecule has 0 saturated carbocycles. The molecule has 3 heterocycles. The Morgan fingerprint density at radius 1 is 1.32 bits per heavy atom. The second-order valence-corrected chi connectivity index (χ2v) is 10.8. The Morgan fingerprint density at radius 2 is 2.03 bits per heavy atom. The van der Waals surface area contributed by atoms with Gasteiger partial charge in [-0.1, -0.05) is 13.8 Å². The Kier molecular flexibility index (Phi) is 9.97. The van der Waals surface area contributed by atoms with Crippen molar-refractivity contribution in [2.45, 2.75) is 50.9 Å². The third kappa shape index (κ3) is 6.94. The summed E-state index contributed by atoms with van der Waals surface area (Å²) in [6, 6.07) is -1.13. The number of methoxy groups -OCH3 is 2. The molecule has 15 nitrogen and oxygen atoms in total. The number of imidazole rings is 1. The summed E-state index contributed by atoms with van der Waals surface area (Å²) < 4.78 is 55.2. The lowest BCUT2D eigenvalue weighted by Gasteiger charge is -2.26. The number of carbonyl (C=O) groups is 2. The lowest BCUT2D eigenvalue weighted by molar-refractivity contribution is -0.143. The van der Waals surface area contributed by atoms with Crippen molar-refractivity contribution in [2.75, 3.05) is 33.2 Å². The summed E-state index contributed by atoms with van der Waals surface area (Å²) in [5.74, 6) is -1.70. The molecular weight excluding hydrogens is 554 g/mol. The molecule has 1 aliphatic heterocycles. The molecular formula is C20H29ClFN6O9P. The number of nitrogens with one attached hydrogen (secondary N) is 1. The van der Waals surface area contributed by atoms with E-state index in [1.165, 1.54) is 10.9 Å². The molecule has 2 aromatic heterocycles. The van der Waals surface area contributed by atoms with Crippen LogP contribution in [0.15, 0.2) is 6.33 Å². The highest BCUT2D eigenvalue weighted by atomic mass is 35.5. The van der Waals surface area contributed by atoms with Gasteiger partial charge in [0.25, 0.3) is 0 Å². The van der Waals surface area contributed by atoms with Crippen molar-refractivity contribution in [1.29, 1.82) is 0 Å². The maximum absolute atomic E-state index is 15.1. The number of rotatable bonds is 12. The van der Waals surface area contributed by atoms with Crippen LogP contribution in [0.1, 0.15) is 26.5 Å². The molecule has 0 spiro atoms. The average Bonchev–Trinajstić information content (AvgIpc) is 3.41. The summed E-state index contributed by atoms with van der Waals surface area (Å²) in [6.45, 7) is 2.17. The highest BCUT2D eigenvalue weighted by molar-refractivity contribution is 7.51. The number of halogens is 2. The van der Waals surface area contributed by atoms with Gasteiger partial charge in [0.2, 0.25) is 5.28 Å². The van der Waals surface area contributed by atoms with Crippen LogP contribution in [0, 0.1) is 5.92 Å². The van der Waals surface area contributed by atoms with Crippen LogP contribution >= 0.6 is 19.3 Å². The van der Waals surface area contributed by atoms with Gasteiger partial charge in [-0.05, 0) is 23.9 Å². The third-order valence-corrected chi connectivity index (χ3v) is 7.24. The number of nitrogen functional groups attached to an aromatic ring is 1. The van der Waals surface area contributed by atoms with E-state index in [4.69, 9.17) is 35.9 Å². The standard InChI is InChI=1S/C20H29ClFN6O9P/c1-9(2)5-10(19(31)34-4)27-38(32,36-7-12(29)33-3)35-6-11-15(30)13(22)18(37-11)28-8-24-14-16(23)25-20(21)26-17(14)28/h8-11,13,15,18,30H,5-7H2,1-4H3,(H,27,32)(H2,23,25,26)/t10-,11+,13?,15-,18+,38?/m0/s1. The summed E-state index contributed by atoms with van der Waals surface area (Å²) in [5, 5.41) is 12.7. The molecule has 1 saturated heterocycles. The number of nitrogens with two attached hydrogens (primary N) is 1. The lowest BCUT2D eigenvalue weighted by Crippen LogP contribution is -2.39. The van der Waals surface area contributed by atoms with Crippen molar-refractivity contribution in [3.63, 3.8) is 0 Å². The van der Waals surface area contributed by atoms with Gasteiger partial charge in [0.05, 0.1) is 27.2 Å². The highest BCUT2D eigenvalue weighted by Crippen LogP contribution is 2.46. The van der Waals surface area contributed by atoms with Crippen LogP contribution in [-0.4, -0.2) is 88.4 Å². The van der Waals surface area contributed by atoms with E-state index in [9.17, 15) is 19.3 Å². The minimum absolute atomic E-state index is 0.0370. The maximum atomic E-state index is 15.1. The number of aromatic nitrogens is 4. The predicted octanol–water partition coefficient (Wildman–Crippen LogP) is 1.15. The van der Waals surface area contributed by atoms with Crippen LogP contribution in [0.4, 0.5) is 10.2 Å². The summed E-state index contributed by atoms with van der Waals surface area (Å²) >= 11 is 5.86. The van der Waals surface area contributed by atoms with Crippen LogP contribution in [0.2, 0.25) is 5.28 Å². The second kappa shape index (κ2) is 12.6. The molecule has 1 aliphatic rings. The molecule has 2 aromatic rings. The first-order valence-corrected chi connectivity index (χ1v) is 13.3. The second-order valence-electron chi connectivity index (χ2n) is 8.68. The molecule has 0 bridgehead atoms. The van der Waals surface area contributed by atoms with E-state index < -0.39 is 63.5 Å². The van der Waals surface area contributed by atoms with Crippen molar-refractivity contribution >= 4 is 48.3 Å². The summed E-state index contributed by atoms with van der Waals surface area (Å²) in [4.78, 5) is 35.7. The van der Waals surface area contributed by atoms with E-state index >= 15 is 4.39 Å². The van der Waals surface area contributed by atoms with Gasteiger partial charge < -0.3 is 25.1 Å². The van der Waals surface area contributed by atoms with Crippen LogP contribution in [0.25, 0.3) is 11.2 Å². The number of hydrogen-bond acceptors (Lipinski definition) is 13. The molecule has 38 heavy (non-hydrogen) atoms. The molecule has 4 N–H and O–H groups in total. The maximum Gasteiger partial charge on any atom is 0.406 e. The van der Waals surface area contributed by atoms with Crippen LogP contribution in [-0.2, 0) is 37.4 Å². The van der Waals surface area contributed by atoms with Crippen molar-refractivity contribution in [3.8, 4) is 0 Å². The molecule has 2 unspecified atom stereocenters. The van der Waals surface area contributed by atoms with E-state index in [1.54, 1.807) is 0 Å². The molecule has 0 amide bonds.